The summed E-state index contributed by atoms with van der Waals surface area (Å²) in [5.41, 5.74) is 4.37. The molecule has 0 bridgehead atoms. The fraction of sp³-hybridized carbons (Fsp3) is 0.391. The van der Waals surface area contributed by atoms with Crippen LogP contribution < -0.4 is 10.2 Å². The lowest BCUT2D eigenvalue weighted by molar-refractivity contribution is -0.120. The van der Waals surface area contributed by atoms with Gasteiger partial charge in [0.25, 0.3) is 0 Å². The Hall–Kier alpha value is -2.82. The van der Waals surface area contributed by atoms with Crippen molar-refractivity contribution in [3.8, 4) is 0 Å². The van der Waals surface area contributed by atoms with Crippen LogP contribution >= 0.6 is 0 Å². The number of nitrogens with one attached hydrogen (secondary N) is 1. The molecule has 0 atom stereocenters. The van der Waals surface area contributed by atoms with Crippen molar-refractivity contribution in [3.63, 3.8) is 0 Å². The summed E-state index contributed by atoms with van der Waals surface area (Å²) < 4.78 is 5.09. The zero-order valence-corrected chi connectivity index (χ0v) is 16.8. The van der Waals surface area contributed by atoms with Crippen molar-refractivity contribution in [1.82, 2.24) is 0 Å². The van der Waals surface area contributed by atoms with E-state index in [1.54, 1.807) is 19.1 Å². The van der Waals surface area contributed by atoms with Gasteiger partial charge in [-0.15, -0.1) is 0 Å². The molecule has 148 valence electrons. The van der Waals surface area contributed by atoms with Crippen LogP contribution in [0.4, 0.5) is 11.4 Å². The van der Waals surface area contributed by atoms with E-state index in [0.29, 0.717) is 17.9 Å². The van der Waals surface area contributed by atoms with Gasteiger partial charge in [-0.25, -0.2) is 4.79 Å². The highest BCUT2D eigenvalue weighted by Crippen LogP contribution is 2.26. The Labute approximate surface area is 166 Å². The van der Waals surface area contributed by atoms with E-state index in [-0.39, 0.29) is 17.8 Å². The lowest BCUT2D eigenvalue weighted by atomic mass is 9.95. The predicted octanol–water partition coefficient (Wildman–Crippen LogP) is 4.34. The van der Waals surface area contributed by atoms with Gasteiger partial charge in [-0.2, -0.15) is 0 Å². The van der Waals surface area contributed by atoms with Gasteiger partial charge in [-0.3, -0.25) is 4.79 Å². The SMILES string of the molecule is CCOC(=O)c1cccc(NC(=O)C2CCN(c3ccc(C)cc3)CC2)c1C. The van der Waals surface area contributed by atoms with Crippen LogP contribution in [0, 0.1) is 19.8 Å². The number of anilines is 2. The molecule has 1 amide bonds. The van der Waals surface area contributed by atoms with Crippen molar-refractivity contribution in [2.45, 2.75) is 33.6 Å². The molecule has 1 aliphatic rings. The highest BCUT2D eigenvalue weighted by Gasteiger charge is 2.26. The Balaban J connectivity index is 1.61. The van der Waals surface area contributed by atoms with Crippen LogP contribution in [0.5, 0.6) is 0 Å². The molecular formula is C23H28N2O3. The molecule has 1 saturated heterocycles. The quantitative estimate of drug-likeness (QED) is 0.784. The molecule has 0 aliphatic carbocycles. The number of ether oxygens (including phenoxy) is 1. The van der Waals surface area contributed by atoms with E-state index in [9.17, 15) is 9.59 Å². The van der Waals surface area contributed by atoms with Crippen LogP contribution in [0.3, 0.4) is 0 Å². The lowest BCUT2D eigenvalue weighted by Crippen LogP contribution is -2.38. The van der Waals surface area contributed by atoms with E-state index in [0.717, 1.165) is 31.5 Å². The largest absolute Gasteiger partial charge is 0.462 e. The number of carbonyl (C=O) groups is 2. The molecule has 5 heteroatoms. The van der Waals surface area contributed by atoms with Crippen LogP contribution in [-0.4, -0.2) is 31.6 Å². The lowest BCUT2D eigenvalue weighted by Gasteiger charge is -2.33. The molecule has 1 fully saturated rings. The van der Waals surface area contributed by atoms with Crippen LogP contribution in [-0.2, 0) is 9.53 Å². The number of carbonyl (C=O) groups excluding carboxylic acids is 2. The number of amides is 1. The van der Waals surface area contributed by atoms with E-state index in [4.69, 9.17) is 4.74 Å². The molecule has 0 radical (unpaired) electrons. The molecule has 1 N–H and O–H groups in total. The van der Waals surface area contributed by atoms with E-state index in [1.807, 2.05) is 13.0 Å². The van der Waals surface area contributed by atoms with Crippen molar-refractivity contribution in [1.29, 1.82) is 0 Å². The summed E-state index contributed by atoms with van der Waals surface area (Å²) >= 11 is 0. The zero-order chi connectivity index (χ0) is 20.1. The Morgan fingerprint density at radius 2 is 1.75 bits per heavy atom. The minimum atomic E-state index is -0.359. The van der Waals surface area contributed by atoms with Crippen LogP contribution in [0.25, 0.3) is 0 Å². The summed E-state index contributed by atoms with van der Waals surface area (Å²) in [7, 11) is 0. The minimum absolute atomic E-state index is 0.0210. The third kappa shape index (κ3) is 4.53. The van der Waals surface area contributed by atoms with Gasteiger partial charge < -0.3 is 15.0 Å². The highest BCUT2D eigenvalue weighted by atomic mass is 16.5. The van der Waals surface area contributed by atoms with Gasteiger partial charge in [-0.1, -0.05) is 23.8 Å². The maximum absolute atomic E-state index is 12.8. The van der Waals surface area contributed by atoms with E-state index >= 15 is 0 Å². The van der Waals surface area contributed by atoms with Gasteiger partial charge >= 0.3 is 5.97 Å². The summed E-state index contributed by atoms with van der Waals surface area (Å²) in [5.74, 6) is -0.359. The Morgan fingerprint density at radius 1 is 1.07 bits per heavy atom. The van der Waals surface area contributed by atoms with Crippen molar-refractivity contribution < 1.29 is 14.3 Å². The Bertz CT molecular complexity index is 837. The molecule has 2 aromatic carbocycles. The third-order valence-corrected chi connectivity index (χ3v) is 5.35. The summed E-state index contributed by atoms with van der Waals surface area (Å²) in [5, 5.41) is 3.01. The number of piperidine rings is 1. The topological polar surface area (TPSA) is 58.6 Å². The number of esters is 1. The van der Waals surface area contributed by atoms with E-state index < -0.39 is 0 Å². The van der Waals surface area contributed by atoms with E-state index in [1.165, 1.54) is 11.3 Å². The molecule has 0 saturated carbocycles. The second kappa shape index (κ2) is 8.91. The molecule has 3 rings (SSSR count). The molecule has 2 aromatic rings. The number of rotatable bonds is 5. The molecule has 1 aliphatic heterocycles. The number of nitrogens with zero attached hydrogens (tertiary/aromatic N) is 1. The molecule has 28 heavy (non-hydrogen) atoms. The molecule has 5 nitrogen and oxygen atoms in total. The summed E-state index contributed by atoms with van der Waals surface area (Å²) in [6.07, 6.45) is 1.63. The summed E-state index contributed by atoms with van der Waals surface area (Å²) in [6.45, 7) is 7.75. The van der Waals surface area contributed by atoms with Crippen LogP contribution in [0.15, 0.2) is 42.5 Å². The van der Waals surface area contributed by atoms with Gasteiger partial charge in [-0.05, 0) is 63.4 Å². The van der Waals surface area contributed by atoms with Gasteiger partial charge in [0.05, 0.1) is 12.2 Å². The first kappa shape index (κ1) is 19.9. The summed E-state index contributed by atoms with van der Waals surface area (Å²) in [6, 6.07) is 13.8. The first-order chi connectivity index (χ1) is 13.5. The molecular weight excluding hydrogens is 352 g/mol. The average molecular weight is 380 g/mol. The minimum Gasteiger partial charge on any atom is -0.462 e. The van der Waals surface area contributed by atoms with Crippen LogP contribution in [0.1, 0.15) is 41.3 Å². The Kier molecular flexibility index (Phi) is 6.34. The number of benzene rings is 2. The molecule has 0 unspecified atom stereocenters. The first-order valence-corrected chi connectivity index (χ1v) is 9.88. The Morgan fingerprint density at radius 3 is 2.39 bits per heavy atom. The molecule has 0 spiro atoms. The van der Waals surface area contributed by atoms with Crippen molar-refractivity contribution in [3.05, 3.63) is 59.2 Å². The highest BCUT2D eigenvalue weighted by molar-refractivity contribution is 5.97. The third-order valence-electron chi connectivity index (χ3n) is 5.35. The average Bonchev–Trinajstić information content (AvgIpc) is 2.70. The normalized spacial score (nSPS) is 14.6. The second-order valence-electron chi connectivity index (χ2n) is 7.28. The second-order valence-corrected chi connectivity index (χ2v) is 7.28. The molecule has 1 heterocycles. The number of aryl methyl sites for hydroxylation is 1. The smallest absolute Gasteiger partial charge is 0.338 e. The van der Waals surface area contributed by atoms with Gasteiger partial charge in [0.15, 0.2) is 0 Å². The van der Waals surface area contributed by atoms with Crippen molar-refractivity contribution >= 4 is 23.3 Å². The maximum Gasteiger partial charge on any atom is 0.338 e. The first-order valence-electron chi connectivity index (χ1n) is 9.88. The van der Waals surface area contributed by atoms with Gasteiger partial charge in [0.2, 0.25) is 5.91 Å². The maximum atomic E-state index is 12.8. The zero-order valence-electron chi connectivity index (χ0n) is 16.8. The standard InChI is InChI=1S/C23H28N2O3/c1-4-28-23(27)20-6-5-7-21(17(20)3)24-22(26)18-12-14-25(15-13-18)19-10-8-16(2)9-11-19/h5-11,18H,4,12-15H2,1-3H3,(H,24,26). The van der Waals surface area contributed by atoms with Crippen molar-refractivity contribution in [2.24, 2.45) is 5.92 Å². The van der Waals surface area contributed by atoms with Gasteiger partial charge in [0.1, 0.15) is 0 Å². The molecule has 0 aromatic heterocycles. The fourth-order valence-electron chi connectivity index (χ4n) is 3.59. The monoisotopic (exact) mass is 380 g/mol. The van der Waals surface area contributed by atoms with E-state index in [2.05, 4.69) is 41.4 Å². The van der Waals surface area contributed by atoms with Crippen molar-refractivity contribution in [2.75, 3.05) is 29.9 Å². The summed E-state index contributed by atoms with van der Waals surface area (Å²) in [4.78, 5) is 27.2. The number of hydrogen-bond donors (Lipinski definition) is 1. The van der Waals surface area contributed by atoms with Gasteiger partial charge in [0, 0.05) is 30.4 Å². The predicted molar refractivity (Wildman–Crippen MR) is 112 cm³/mol. The fourth-order valence-corrected chi connectivity index (χ4v) is 3.59. The number of hydrogen-bond acceptors (Lipinski definition) is 4. The van der Waals surface area contributed by atoms with Crippen LogP contribution in [0.2, 0.25) is 0 Å².